The minimum absolute atomic E-state index is 0.126. The lowest BCUT2D eigenvalue weighted by atomic mass is 9.91. The van der Waals surface area contributed by atoms with Gasteiger partial charge in [0, 0.05) is 0 Å². The maximum absolute atomic E-state index is 13.7. The van der Waals surface area contributed by atoms with E-state index in [0.29, 0.717) is 16.9 Å². The third kappa shape index (κ3) is 4.98. The minimum atomic E-state index is -4.80. The second-order valence-electron chi connectivity index (χ2n) is 7.86. The third-order valence-corrected chi connectivity index (χ3v) is 7.10. The van der Waals surface area contributed by atoms with Crippen molar-refractivity contribution in [2.24, 2.45) is 0 Å². The van der Waals surface area contributed by atoms with E-state index in [-0.39, 0.29) is 4.90 Å². The van der Waals surface area contributed by atoms with Gasteiger partial charge in [0.1, 0.15) is 12.4 Å². The lowest BCUT2D eigenvalue weighted by Gasteiger charge is -2.25. The van der Waals surface area contributed by atoms with E-state index < -0.39 is 28.8 Å². The summed E-state index contributed by atoms with van der Waals surface area (Å²) in [6.07, 6.45) is -1.19. The van der Waals surface area contributed by atoms with Crippen LogP contribution in [0.15, 0.2) is 35.2 Å². The SMILES string of the molecule is Cc1cc(C)c(S(=O)(=O)NC(COc2cccc3c2CCCC3)C(F)(F)F)c(C)c1. The predicted molar refractivity (Wildman–Crippen MR) is 109 cm³/mol. The summed E-state index contributed by atoms with van der Waals surface area (Å²) < 4.78 is 74.0. The van der Waals surface area contributed by atoms with Crippen molar-refractivity contribution in [1.29, 1.82) is 0 Å². The van der Waals surface area contributed by atoms with Crippen LogP contribution in [0.25, 0.3) is 0 Å². The van der Waals surface area contributed by atoms with Crippen molar-refractivity contribution < 1.29 is 26.3 Å². The molecule has 0 amide bonds. The number of ether oxygens (including phenoxy) is 1. The zero-order valence-electron chi connectivity index (χ0n) is 17.3. The summed E-state index contributed by atoms with van der Waals surface area (Å²) in [4.78, 5) is -0.126. The fraction of sp³-hybridized carbons (Fsp3) is 0.455. The standard InChI is InChI=1S/C22H26F3NO3S/c1-14-11-15(2)21(16(3)12-14)30(27,28)26-20(22(23,24)25)13-29-19-10-6-8-17-7-4-5-9-18(17)19/h6,8,10-12,20,26H,4-5,7,9,13H2,1-3H3. The van der Waals surface area contributed by atoms with E-state index in [9.17, 15) is 21.6 Å². The summed E-state index contributed by atoms with van der Waals surface area (Å²) in [5, 5.41) is 0. The lowest BCUT2D eigenvalue weighted by molar-refractivity contribution is -0.157. The molecule has 0 aliphatic heterocycles. The van der Waals surface area contributed by atoms with E-state index in [2.05, 4.69) is 0 Å². The molecule has 0 saturated carbocycles. The molecule has 30 heavy (non-hydrogen) atoms. The van der Waals surface area contributed by atoms with E-state index in [0.717, 1.165) is 42.4 Å². The van der Waals surface area contributed by atoms with Gasteiger partial charge >= 0.3 is 6.18 Å². The van der Waals surface area contributed by atoms with Gasteiger partial charge in [-0.25, -0.2) is 8.42 Å². The van der Waals surface area contributed by atoms with E-state index in [1.165, 1.54) is 0 Å². The fourth-order valence-corrected chi connectivity index (χ4v) is 5.75. The van der Waals surface area contributed by atoms with E-state index in [1.54, 1.807) is 45.0 Å². The molecule has 164 valence electrons. The molecule has 0 spiro atoms. The summed E-state index contributed by atoms with van der Waals surface area (Å²) in [5.74, 6) is 0.392. The van der Waals surface area contributed by atoms with Gasteiger partial charge in [-0.2, -0.15) is 17.9 Å². The predicted octanol–water partition coefficient (Wildman–Crippen LogP) is 4.78. The molecule has 0 saturated heterocycles. The quantitative estimate of drug-likeness (QED) is 0.702. The number of alkyl halides is 3. The Morgan fingerprint density at radius 3 is 2.33 bits per heavy atom. The Morgan fingerprint density at radius 2 is 1.70 bits per heavy atom. The molecule has 0 radical (unpaired) electrons. The van der Waals surface area contributed by atoms with Crippen molar-refractivity contribution in [1.82, 2.24) is 4.72 Å². The highest BCUT2D eigenvalue weighted by Crippen LogP contribution is 2.31. The van der Waals surface area contributed by atoms with Crippen molar-refractivity contribution in [3.8, 4) is 5.75 Å². The van der Waals surface area contributed by atoms with Crippen LogP contribution in [-0.4, -0.2) is 27.2 Å². The Bertz CT molecular complexity index is 1010. The zero-order valence-corrected chi connectivity index (χ0v) is 18.1. The fourth-order valence-electron chi connectivity index (χ4n) is 4.09. The van der Waals surface area contributed by atoms with Crippen molar-refractivity contribution in [3.05, 3.63) is 58.1 Å². The van der Waals surface area contributed by atoms with Gasteiger partial charge < -0.3 is 4.74 Å². The first-order chi connectivity index (χ1) is 14.0. The van der Waals surface area contributed by atoms with Crippen LogP contribution in [0.1, 0.15) is 40.7 Å². The van der Waals surface area contributed by atoms with Crippen LogP contribution in [-0.2, 0) is 22.9 Å². The molecule has 1 aliphatic carbocycles. The van der Waals surface area contributed by atoms with Crippen LogP contribution in [0.2, 0.25) is 0 Å². The number of rotatable bonds is 6. The molecular weight excluding hydrogens is 415 g/mol. The molecule has 0 fully saturated rings. The second kappa shape index (κ2) is 8.59. The van der Waals surface area contributed by atoms with Crippen molar-refractivity contribution in [3.63, 3.8) is 0 Å². The average Bonchev–Trinajstić information content (AvgIpc) is 2.63. The van der Waals surface area contributed by atoms with Crippen molar-refractivity contribution in [2.45, 2.75) is 63.6 Å². The summed E-state index contributed by atoms with van der Waals surface area (Å²) in [6, 6.07) is 6.26. The highest BCUT2D eigenvalue weighted by Gasteiger charge is 2.43. The van der Waals surface area contributed by atoms with E-state index >= 15 is 0 Å². The van der Waals surface area contributed by atoms with Crippen LogP contribution < -0.4 is 9.46 Å². The van der Waals surface area contributed by atoms with Gasteiger partial charge in [-0.3, -0.25) is 0 Å². The van der Waals surface area contributed by atoms with Gasteiger partial charge in [-0.05, 0) is 74.8 Å². The van der Waals surface area contributed by atoms with Gasteiger partial charge in [0.2, 0.25) is 10.0 Å². The number of nitrogens with one attached hydrogen (secondary N) is 1. The van der Waals surface area contributed by atoms with Gasteiger partial charge in [-0.15, -0.1) is 0 Å². The van der Waals surface area contributed by atoms with Crippen LogP contribution in [0.5, 0.6) is 5.75 Å². The number of benzene rings is 2. The molecule has 2 aromatic carbocycles. The molecule has 3 rings (SSSR count). The summed E-state index contributed by atoms with van der Waals surface area (Å²) in [6.45, 7) is 4.12. The lowest BCUT2D eigenvalue weighted by Crippen LogP contribution is -2.49. The molecule has 0 bridgehead atoms. The number of hydrogen-bond acceptors (Lipinski definition) is 3. The molecule has 1 N–H and O–H groups in total. The minimum Gasteiger partial charge on any atom is -0.491 e. The Balaban J connectivity index is 1.84. The number of halogens is 3. The monoisotopic (exact) mass is 441 g/mol. The van der Waals surface area contributed by atoms with Gasteiger partial charge in [-0.1, -0.05) is 29.8 Å². The normalized spacial score (nSPS) is 15.5. The summed E-state index contributed by atoms with van der Waals surface area (Å²) >= 11 is 0. The van der Waals surface area contributed by atoms with Crippen LogP contribution in [0.4, 0.5) is 13.2 Å². The average molecular weight is 442 g/mol. The zero-order chi connectivity index (χ0) is 22.1. The second-order valence-corrected chi connectivity index (χ2v) is 9.51. The first-order valence-electron chi connectivity index (χ1n) is 9.89. The first kappa shape index (κ1) is 22.6. The van der Waals surface area contributed by atoms with Gasteiger partial charge in [0.25, 0.3) is 0 Å². The molecule has 1 unspecified atom stereocenters. The highest BCUT2D eigenvalue weighted by atomic mass is 32.2. The Kier molecular flexibility index (Phi) is 6.48. The molecule has 1 aliphatic rings. The largest absolute Gasteiger partial charge is 0.491 e. The maximum atomic E-state index is 13.7. The molecule has 0 heterocycles. The van der Waals surface area contributed by atoms with Crippen LogP contribution in [0, 0.1) is 20.8 Å². The molecule has 8 heteroatoms. The summed E-state index contributed by atoms with van der Waals surface area (Å²) in [7, 11) is -4.39. The van der Waals surface area contributed by atoms with Gasteiger partial charge in [0.05, 0.1) is 4.90 Å². The smallest absolute Gasteiger partial charge is 0.408 e. The number of fused-ring (bicyclic) bond motifs is 1. The van der Waals surface area contributed by atoms with Gasteiger partial charge in [0.15, 0.2) is 6.04 Å². The van der Waals surface area contributed by atoms with E-state index in [4.69, 9.17) is 4.74 Å². The van der Waals surface area contributed by atoms with Crippen LogP contribution >= 0.6 is 0 Å². The van der Waals surface area contributed by atoms with E-state index in [1.807, 2.05) is 10.8 Å². The number of sulfonamides is 1. The first-order valence-corrected chi connectivity index (χ1v) is 11.4. The molecule has 0 aromatic heterocycles. The summed E-state index contributed by atoms with van der Waals surface area (Å²) in [5.41, 5.74) is 3.64. The number of hydrogen-bond donors (Lipinski definition) is 1. The van der Waals surface area contributed by atoms with Crippen molar-refractivity contribution >= 4 is 10.0 Å². The maximum Gasteiger partial charge on any atom is 0.408 e. The topological polar surface area (TPSA) is 55.4 Å². The number of aryl methyl sites for hydroxylation is 4. The van der Waals surface area contributed by atoms with Crippen LogP contribution in [0.3, 0.4) is 0 Å². The Hall–Kier alpha value is -2.06. The molecule has 2 aromatic rings. The van der Waals surface area contributed by atoms with Crippen molar-refractivity contribution in [2.75, 3.05) is 6.61 Å². The molecular formula is C22H26F3NO3S. The molecule has 1 atom stereocenters. The molecule has 4 nitrogen and oxygen atoms in total. The highest BCUT2D eigenvalue weighted by molar-refractivity contribution is 7.89. The Morgan fingerprint density at radius 1 is 1.07 bits per heavy atom. The Labute approximate surface area is 175 Å². The third-order valence-electron chi connectivity index (χ3n) is 5.32.